The Morgan fingerprint density at radius 1 is 0.850 bits per heavy atom. The first-order valence-electron chi connectivity index (χ1n) is 6.76. The third kappa shape index (κ3) is 6.45. The number of hydrogen-bond donors (Lipinski definition) is 0. The molecule has 0 spiro atoms. The van der Waals surface area contributed by atoms with Crippen molar-refractivity contribution < 1.29 is 28.5 Å². The number of ether oxygens (including phenoxy) is 4. The van der Waals surface area contributed by atoms with E-state index in [-0.39, 0.29) is 18.3 Å². The third-order valence-electron chi connectivity index (χ3n) is 2.05. The zero-order chi connectivity index (χ0) is 15.9. The molecule has 0 heterocycles. The maximum absolute atomic E-state index is 12.4. The fourth-order valence-electron chi connectivity index (χ4n) is 1.52. The average Bonchev–Trinajstić information content (AvgIpc) is 2.25. The lowest BCUT2D eigenvalue weighted by Crippen LogP contribution is -2.52. The van der Waals surface area contributed by atoms with Crippen molar-refractivity contribution in [1.82, 2.24) is 0 Å². The summed E-state index contributed by atoms with van der Waals surface area (Å²) in [7, 11) is 1.22. The second-order valence-electron chi connectivity index (χ2n) is 5.23. The molecule has 0 atom stereocenters. The number of hydrogen-bond acceptors (Lipinski definition) is 6. The van der Waals surface area contributed by atoms with Crippen molar-refractivity contribution in [3.05, 3.63) is 0 Å². The van der Waals surface area contributed by atoms with Crippen molar-refractivity contribution >= 4 is 11.8 Å². The lowest BCUT2D eigenvalue weighted by Gasteiger charge is -2.35. The lowest BCUT2D eigenvalue weighted by atomic mass is 10.2. The maximum Gasteiger partial charge on any atom is 0.348 e. The molecule has 0 fully saturated rings. The molecule has 0 aromatic rings. The predicted octanol–water partition coefficient (Wildman–Crippen LogP) is 2.05. The largest absolute Gasteiger partial charge is 0.469 e. The quantitative estimate of drug-likeness (QED) is 0.368. The van der Waals surface area contributed by atoms with Crippen LogP contribution in [0.5, 0.6) is 0 Å². The van der Waals surface area contributed by atoms with Gasteiger partial charge < -0.3 is 18.9 Å². The van der Waals surface area contributed by atoms with Crippen molar-refractivity contribution in [2.24, 2.45) is 0 Å². The Morgan fingerprint density at radius 3 is 1.45 bits per heavy atom. The zero-order valence-corrected chi connectivity index (χ0v) is 13.4. The van der Waals surface area contributed by atoms with Crippen LogP contribution in [0.4, 0.5) is 0 Å². The van der Waals surface area contributed by atoms with Crippen LogP contribution in [0.1, 0.15) is 48.0 Å². The average molecular weight is 290 g/mol. The monoisotopic (exact) mass is 290 g/mol. The molecule has 0 saturated carbocycles. The smallest absolute Gasteiger partial charge is 0.348 e. The van der Waals surface area contributed by atoms with E-state index in [0.29, 0.717) is 0 Å². The van der Waals surface area contributed by atoms with Gasteiger partial charge in [-0.2, -0.15) is 0 Å². The summed E-state index contributed by atoms with van der Waals surface area (Å²) in [5.41, 5.74) is 0. The fraction of sp³-hybridized carbons (Fsp3) is 0.857. The summed E-state index contributed by atoms with van der Waals surface area (Å²) in [5.74, 6) is -3.16. The summed E-state index contributed by atoms with van der Waals surface area (Å²) < 4.78 is 21.2. The summed E-state index contributed by atoms with van der Waals surface area (Å²) >= 11 is 0. The molecule has 118 valence electrons. The SMILES string of the molecule is COC(=O)CC(=O)C(OC(C)C)(OC(C)C)OC(C)C. The van der Waals surface area contributed by atoms with Crippen LogP contribution < -0.4 is 0 Å². The molecule has 0 bridgehead atoms. The second kappa shape index (κ2) is 8.34. The normalized spacial score (nSPS) is 12.3. The Morgan fingerprint density at radius 2 is 1.20 bits per heavy atom. The molecule has 0 amide bonds. The van der Waals surface area contributed by atoms with Crippen molar-refractivity contribution in [3.63, 3.8) is 0 Å². The summed E-state index contributed by atoms with van der Waals surface area (Å²) in [6.07, 6.45) is -1.40. The minimum Gasteiger partial charge on any atom is -0.469 e. The number of rotatable bonds is 9. The molecule has 0 N–H and O–H groups in total. The number of Topliss-reactive ketones (excluding diaryl/α,β-unsaturated/α-hetero) is 1. The summed E-state index contributed by atoms with van der Waals surface area (Å²) in [6, 6.07) is 0. The summed E-state index contributed by atoms with van der Waals surface area (Å²) in [6.45, 7) is 10.5. The van der Waals surface area contributed by atoms with E-state index in [2.05, 4.69) is 4.74 Å². The number of carbonyl (C=O) groups is 2. The van der Waals surface area contributed by atoms with Crippen LogP contribution in [0.3, 0.4) is 0 Å². The Hall–Kier alpha value is -0.980. The van der Waals surface area contributed by atoms with E-state index in [9.17, 15) is 9.59 Å². The second-order valence-corrected chi connectivity index (χ2v) is 5.23. The van der Waals surface area contributed by atoms with Gasteiger partial charge in [0, 0.05) is 0 Å². The highest BCUT2D eigenvalue weighted by atomic mass is 16.9. The minimum absolute atomic E-state index is 0.311. The molecule has 0 aliphatic heterocycles. The molecule has 0 aromatic carbocycles. The van der Waals surface area contributed by atoms with Gasteiger partial charge in [-0.25, -0.2) is 0 Å². The van der Waals surface area contributed by atoms with Gasteiger partial charge in [0.2, 0.25) is 5.78 Å². The van der Waals surface area contributed by atoms with Crippen LogP contribution >= 0.6 is 0 Å². The van der Waals surface area contributed by atoms with Gasteiger partial charge in [0.1, 0.15) is 6.42 Å². The number of methoxy groups -OCH3 is 1. The zero-order valence-electron chi connectivity index (χ0n) is 13.4. The molecule has 0 rings (SSSR count). The van der Waals surface area contributed by atoms with Gasteiger partial charge in [0.15, 0.2) is 0 Å². The molecular weight excluding hydrogens is 264 g/mol. The Kier molecular flexibility index (Phi) is 7.93. The topological polar surface area (TPSA) is 71.1 Å². The fourth-order valence-corrected chi connectivity index (χ4v) is 1.52. The number of esters is 1. The van der Waals surface area contributed by atoms with Gasteiger partial charge in [0.25, 0.3) is 0 Å². The van der Waals surface area contributed by atoms with Gasteiger partial charge >= 0.3 is 11.9 Å². The Labute approximate surface area is 120 Å². The van der Waals surface area contributed by atoms with Gasteiger partial charge in [-0.05, 0) is 41.5 Å². The lowest BCUT2D eigenvalue weighted by molar-refractivity contribution is -0.382. The van der Waals surface area contributed by atoms with E-state index >= 15 is 0 Å². The van der Waals surface area contributed by atoms with E-state index in [1.54, 1.807) is 41.5 Å². The highest BCUT2D eigenvalue weighted by Crippen LogP contribution is 2.25. The highest BCUT2D eigenvalue weighted by molar-refractivity contribution is 5.98. The first-order chi connectivity index (χ1) is 9.12. The number of carbonyl (C=O) groups excluding carboxylic acids is 2. The molecule has 6 heteroatoms. The van der Waals surface area contributed by atoms with Crippen LogP contribution in [0, 0.1) is 0 Å². The standard InChI is InChI=1S/C14H26O6/c1-9(2)18-14(19-10(3)4,20-11(5)6)12(15)8-13(16)17-7/h9-11H,8H2,1-7H3. The number of ketones is 1. The van der Waals surface area contributed by atoms with Crippen LogP contribution in [0.25, 0.3) is 0 Å². The molecule has 0 unspecified atom stereocenters. The van der Waals surface area contributed by atoms with Crippen LogP contribution in [0.2, 0.25) is 0 Å². The minimum atomic E-state index is -1.88. The van der Waals surface area contributed by atoms with E-state index in [1.165, 1.54) is 7.11 Å². The van der Waals surface area contributed by atoms with Crippen LogP contribution in [-0.4, -0.2) is 43.1 Å². The molecule has 0 aliphatic rings. The Bertz CT molecular complexity index is 295. The molecule has 6 nitrogen and oxygen atoms in total. The van der Waals surface area contributed by atoms with E-state index < -0.39 is 24.1 Å². The molecule has 0 saturated heterocycles. The van der Waals surface area contributed by atoms with E-state index in [1.807, 2.05) is 0 Å². The molecule has 0 aromatic heterocycles. The maximum atomic E-state index is 12.4. The van der Waals surface area contributed by atoms with E-state index in [0.717, 1.165) is 0 Å². The van der Waals surface area contributed by atoms with Crippen molar-refractivity contribution in [2.75, 3.05) is 7.11 Å². The van der Waals surface area contributed by atoms with Gasteiger partial charge in [-0.3, -0.25) is 9.59 Å². The van der Waals surface area contributed by atoms with Gasteiger partial charge in [0.05, 0.1) is 25.4 Å². The van der Waals surface area contributed by atoms with Gasteiger partial charge in [-0.15, -0.1) is 0 Å². The highest BCUT2D eigenvalue weighted by Gasteiger charge is 2.46. The van der Waals surface area contributed by atoms with Crippen molar-refractivity contribution in [1.29, 1.82) is 0 Å². The molecular formula is C14H26O6. The Balaban J connectivity index is 5.33. The van der Waals surface area contributed by atoms with Crippen molar-refractivity contribution in [2.45, 2.75) is 72.2 Å². The van der Waals surface area contributed by atoms with Crippen LogP contribution in [-0.2, 0) is 28.5 Å². The van der Waals surface area contributed by atoms with Crippen LogP contribution in [0.15, 0.2) is 0 Å². The predicted molar refractivity (Wildman–Crippen MR) is 73.0 cm³/mol. The van der Waals surface area contributed by atoms with Gasteiger partial charge in [-0.1, -0.05) is 0 Å². The summed E-state index contributed by atoms with van der Waals surface area (Å²) in [4.78, 5) is 23.7. The first kappa shape index (κ1) is 19.0. The first-order valence-corrected chi connectivity index (χ1v) is 6.76. The third-order valence-corrected chi connectivity index (χ3v) is 2.05. The van der Waals surface area contributed by atoms with E-state index in [4.69, 9.17) is 14.2 Å². The molecule has 0 aliphatic carbocycles. The van der Waals surface area contributed by atoms with Crippen molar-refractivity contribution in [3.8, 4) is 0 Å². The summed E-state index contributed by atoms with van der Waals surface area (Å²) in [5, 5.41) is 0. The molecule has 0 radical (unpaired) electrons. The molecule has 20 heavy (non-hydrogen) atoms.